The van der Waals surface area contributed by atoms with Crippen molar-refractivity contribution in [3.63, 3.8) is 0 Å². The van der Waals surface area contributed by atoms with Gasteiger partial charge in [0.05, 0.1) is 10.6 Å². The summed E-state index contributed by atoms with van der Waals surface area (Å²) in [5, 5.41) is 6.59. The van der Waals surface area contributed by atoms with Crippen LogP contribution < -0.4 is 10.6 Å². The maximum Gasteiger partial charge on any atom is 0.191 e. The summed E-state index contributed by atoms with van der Waals surface area (Å²) in [4.78, 5) is 5.83. The Morgan fingerprint density at radius 3 is 2.96 bits per heavy atom. The van der Waals surface area contributed by atoms with Crippen molar-refractivity contribution in [2.75, 3.05) is 26.2 Å². The summed E-state index contributed by atoms with van der Waals surface area (Å²) in [6, 6.07) is 7.77. The number of halogens is 1. The van der Waals surface area contributed by atoms with Gasteiger partial charge < -0.3 is 19.8 Å². The van der Waals surface area contributed by atoms with E-state index in [9.17, 15) is 0 Å². The van der Waals surface area contributed by atoms with Crippen molar-refractivity contribution >= 4 is 28.9 Å². The van der Waals surface area contributed by atoms with Gasteiger partial charge in [0.1, 0.15) is 12.4 Å². The van der Waals surface area contributed by atoms with Gasteiger partial charge in [-0.25, -0.2) is 0 Å². The number of guanidine groups is 1. The number of hydrogen-bond acceptors (Lipinski definition) is 4. The van der Waals surface area contributed by atoms with Crippen molar-refractivity contribution in [1.82, 2.24) is 10.6 Å². The minimum Gasteiger partial charge on any atom is -0.467 e. The lowest BCUT2D eigenvalue weighted by molar-refractivity contribution is 0.105. The van der Waals surface area contributed by atoms with E-state index in [4.69, 9.17) is 20.8 Å². The highest BCUT2D eigenvalue weighted by Gasteiger charge is 2.00. The smallest absolute Gasteiger partial charge is 0.191 e. The predicted octanol–water partition coefficient (Wildman–Crippen LogP) is 3.70. The van der Waals surface area contributed by atoms with E-state index in [0.29, 0.717) is 13.2 Å². The van der Waals surface area contributed by atoms with Crippen LogP contribution in [0.4, 0.5) is 0 Å². The zero-order valence-electron chi connectivity index (χ0n) is 13.9. The Morgan fingerprint density at radius 2 is 2.25 bits per heavy atom. The minimum atomic E-state index is 0.512. The van der Waals surface area contributed by atoms with E-state index in [1.165, 1.54) is 4.88 Å². The highest BCUT2D eigenvalue weighted by molar-refractivity contribution is 7.16. The van der Waals surface area contributed by atoms with Gasteiger partial charge in [0.2, 0.25) is 0 Å². The van der Waals surface area contributed by atoms with Crippen molar-refractivity contribution in [3.8, 4) is 0 Å². The molecule has 132 valence electrons. The van der Waals surface area contributed by atoms with Crippen LogP contribution >= 0.6 is 22.9 Å². The molecule has 0 bridgehead atoms. The molecule has 7 heteroatoms. The molecule has 2 aromatic rings. The molecule has 24 heavy (non-hydrogen) atoms. The molecule has 2 aromatic heterocycles. The molecule has 0 radical (unpaired) electrons. The first kappa shape index (κ1) is 18.8. The standard InChI is InChI=1S/C17H24ClN3O2S/c1-2-19-17(21-10-8-15-6-7-16(18)24-15)20-9-4-11-22-13-14-5-3-12-23-14/h3,5-7,12H,2,4,8-11,13H2,1H3,(H2,19,20,21). The van der Waals surface area contributed by atoms with Gasteiger partial charge in [-0.3, -0.25) is 4.99 Å². The highest BCUT2D eigenvalue weighted by Crippen LogP contribution is 2.21. The van der Waals surface area contributed by atoms with Crippen LogP contribution in [0, 0.1) is 0 Å². The average Bonchev–Trinajstić information content (AvgIpc) is 3.22. The molecule has 0 aromatic carbocycles. The largest absolute Gasteiger partial charge is 0.467 e. The van der Waals surface area contributed by atoms with Crippen LogP contribution in [0.3, 0.4) is 0 Å². The molecule has 0 aliphatic carbocycles. The van der Waals surface area contributed by atoms with Crippen molar-refractivity contribution in [1.29, 1.82) is 0 Å². The molecule has 0 spiro atoms. The quantitative estimate of drug-likeness (QED) is 0.381. The number of nitrogens with one attached hydrogen (secondary N) is 2. The second-order valence-corrected chi connectivity index (χ2v) is 6.93. The first-order valence-electron chi connectivity index (χ1n) is 8.14. The molecule has 2 N–H and O–H groups in total. The van der Waals surface area contributed by atoms with Gasteiger partial charge in [0.25, 0.3) is 0 Å². The second kappa shape index (κ2) is 11.1. The maximum absolute atomic E-state index is 5.94. The Balaban J connectivity index is 1.60. The van der Waals surface area contributed by atoms with Crippen molar-refractivity contribution < 1.29 is 9.15 Å². The summed E-state index contributed by atoms with van der Waals surface area (Å²) >= 11 is 7.56. The fraction of sp³-hybridized carbons (Fsp3) is 0.471. The van der Waals surface area contributed by atoms with Crippen molar-refractivity contribution in [2.45, 2.75) is 26.4 Å². The second-order valence-electron chi connectivity index (χ2n) is 5.13. The van der Waals surface area contributed by atoms with Crippen LogP contribution in [-0.4, -0.2) is 32.2 Å². The zero-order valence-corrected chi connectivity index (χ0v) is 15.5. The molecule has 0 aliphatic heterocycles. The Kier molecular flexibility index (Phi) is 8.73. The minimum absolute atomic E-state index is 0.512. The molecule has 0 amide bonds. The number of nitrogens with zero attached hydrogens (tertiary/aromatic N) is 1. The van der Waals surface area contributed by atoms with Gasteiger partial charge in [-0.05, 0) is 44.0 Å². The third-order valence-electron chi connectivity index (χ3n) is 3.18. The molecule has 0 aliphatic rings. The lowest BCUT2D eigenvalue weighted by Crippen LogP contribution is -2.38. The van der Waals surface area contributed by atoms with E-state index in [-0.39, 0.29) is 0 Å². The summed E-state index contributed by atoms with van der Waals surface area (Å²) in [5.74, 6) is 1.69. The molecule has 0 saturated carbocycles. The lowest BCUT2D eigenvalue weighted by atomic mass is 10.3. The predicted molar refractivity (Wildman–Crippen MR) is 100.0 cm³/mol. The molecular weight excluding hydrogens is 346 g/mol. The molecule has 0 saturated heterocycles. The van der Waals surface area contributed by atoms with Gasteiger partial charge in [-0.2, -0.15) is 0 Å². The Labute approximate surface area is 152 Å². The SMILES string of the molecule is CCNC(=NCCCOCc1ccco1)NCCc1ccc(Cl)s1. The van der Waals surface area contributed by atoms with E-state index >= 15 is 0 Å². The number of thiophene rings is 1. The number of ether oxygens (including phenoxy) is 1. The molecule has 0 fully saturated rings. The number of hydrogen-bond donors (Lipinski definition) is 2. The molecule has 5 nitrogen and oxygen atoms in total. The Bertz CT molecular complexity index is 599. The summed E-state index contributed by atoms with van der Waals surface area (Å²) in [6.07, 6.45) is 3.47. The van der Waals surface area contributed by atoms with Crippen LogP contribution in [0.2, 0.25) is 4.34 Å². The van der Waals surface area contributed by atoms with Crippen molar-refractivity contribution in [2.24, 2.45) is 4.99 Å². The average molecular weight is 370 g/mol. The van der Waals surface area contributed by atoms with E-state index in [1.807, 2.05) is 18.2 Å². The fourth-order valence-electron chi connectivity index (χ4n) is 2.06. The molecule has 2 heterocycles. The third kappa shape index (κ3) is 7.38. The van der Waals surface area contributed by atoms with E-state index in [0.717, 1.165) is 48.5 Å². The lowest BCUT2D eigenvalue weighted by Gasteiger charge is -2.10. The van der Waals surface area contributed by atoms with Crippen molar-refractivity contribution in [3.05, 3.63) is 45.5 Å². The molecule has 0 unspecified atom stereocenters. The normalized spacial score (nSPS) is 11.7. The fourth-order valence-corrected chi connectivity index (χ4v) is 3.14. The van der Waals surface area contributed by atoms with Crippen LogP contribution in [0.25, 0.3) is 0 Å². The summed E-state index contributed by atoms with van der Waals surface area (Å²) in [5.41, 5.74) is 0. The Morgan fingerprint density at radius 1 is 1.33 bits per heavy atom. The third-order valence-corrected chi connectivity index (χ3v) is 4.47. The number of furan rings is 1. The van der Waals surface area contributed by atoms with Crippen LogP contribution in [0.5, 0.6) is 0 Å². The van der Waals surface area contributed by atoms with Crippen LogP contribution in [0.15, 0.2) is 39.9 Å². The van der Waals surface area contributed by atoms with Crippen LogP contribution in [-0.2, 0) is 17.8 Å². The van der Waals surface area contributed by atoms with E-state index < -0.39 is 0 Å². The number of aliphatic imine (C=N–C) groups is 1. The summed E-state index contributed by atoms with van der Waals surface area (Å²) < 4.78 is 11.6. The van der Waals surface area contributed by atoms with Crippen LogP contribution in [0.1, 0.15) is 24.0 Å². The van der Waals surface area contributed by atoms with E-state index in [2.05, 4.69) is 28.6 Å². The first-order valence-corrected chi connectivity index (χ1v) is 9.34. The summed E-state index contributed by atoms with van der Waals surface area (Å²) in [6.45, 7) is 5.63. The van der Waals surface area contributed by atoms with Gasteiger partial charge in [-0.15, -0.1) is 11.3 Å². The topological polar surface area (TPSA) is 58.8 Å². The summed E-state index contributed by atoms with van der Waals surface area (Å²) in [7, 11) is 0. The van der Waals surface area contributed by atoms with E-state index in [1.54, 1.807) is 17.6 Å². The van der Waals surface area contributed by atoms with Gasteiger partial charge in [0.15, 0.2) is 5.96 Å². The molecular formula is C17H24ClN3O2S. The van der Waals surface area contributed by atoms with Gasteiger partial charge >= 0.3 is 0 Å². The maximum atomic E-state index is 5.94. The zero-order chi connectivity index (χ0) is 17.0. The van der Waals surface area contributed by atoms with Gasteiger partial charge in [0, 0.05) is 31.1 Å². The first-order chi connectivity index (χ1) is 11.8. The monoisotopic (exact) mass is 369 g/mol. The molecule has 2 rings (SSSR count). The molecule has 0 atom stereocenters. The highest BCUT2D eigenvalue weighted by atomic mass is 35.5. The van der Waals surface area contributed by atoms with Gasteiger partial charge in [-0.1, -0.05) is 11.6 Å². The number of rotatable bonds is 10. The Hall–Kier alpha value is -1.50.